The minimum atomic E-state index is -0.239. The lowest BCUT2D eigenvalue weighted by Crippen LogP contribution is -2.48. The Morgan fingerprint density at radius 2 is 2.03 bits per heavy atom. The molecule has 170 valence electrons. The number of nitrogens with zero attached hydrogens (tertiary/aromatic N) is 4. The highest BCUT2D eigenvalue weighted by Gasteiger charge is 2.23. The fourth-order valence-electron chi connectivity index (χ4n) is 3.63. The van der Waals surface area contributed by atoms with Gasteiger partial charge in [-0.05, 0) is 38.2 Å². The van der Waals surface area contributed by atoms with Gasteiger partial charge in [-0.1, -0.05) is 30.3 Å². The van der Waals surface area contributed by atoms with Crippen LogP contribution in [0.15, 0.2) is 47.7 Å². The Kier molecular flexibility index (Phi) is 10.6. The average molecular weight is 540 g/mol. The monoisotopic (exact) mass is 540 g/mol. The lowest BCUT2D eigenvalue weighted by Gasteiger charge is -2.31. The molecule has 1 amide bonds. The van der Waals surface area contributed by atoms with Crippen LogP contribution in [0, 0.1) is 0 Å². The number of guanidine groups is 1. The number of benzene rings is 1. The van der Waals surface area contributed by atoms with Gasteiger partial charge in [0.2, 0.25) is 0 Å². The van der Waals surface area contributed by atoms with Crippen LogP contribution >= 0.6 is 24.0 Å². The number of nitrogens with two attached hydrogens (primary N) is 1. The lowest BCUT2D eigenvalue weighted by molar-refractivity contribution is 0.0963. The van der Waals surface area contributed by atoms with E-state index in [2.05, 4.69) is 44.1 Å². The number of aromatic nitrogens is 2. The molecule has 2 heterocycles. The maximum absolute atomic E-state index is 11.8. The molecule has 9 heteroatoms. The van der Waals surface area contributed by atoms with Gasteiger partial charge in [-0.15, -0.1) is 24.0 Å². The number of ether oxygens (including phenoxy) is 1. The molecule has 1 saturated heterocycles. The molecule has 0 aliphatic carbocycles. The van der Waals surface area contributed by atoms with Crippen LogP contribution in [0.5, 0.6) is 0 Å². The number of imidazole rings is 1. The number of carbonyl (C=O) groups is 1. The number of halogens is 1. The first kappa shape index (κ1) is 25.0. The molecule has 0 atom stereocenters. The van der Waals surface area contributed by atoms with Crippen molar-refractivity contribution in [3.63, 3.8) is 0 Å². The SMILES string of the molecule is CCOC(=O)N1CCC(NC(N)=NCc2nccn2CCCc2ccccc2)CC1.I. The van der Waals surface area contributed by atoms with Gasteiger partial charge in [-0.3, -0.25) is 0 Å². The van der Waals surface area contributed by atoms with Gasteiger partial charge >= 0.3 is 6.09 Å². The van der Waals surface area contributed by atoms with Gasteiger partial charge in [-0.25, -0.2) is 14.8 Å². The molecule has 1 aliphatic rings. The van der Waals surface area contributed by atoms with E-state index in [0.29, 0.717) is 32.2 Å². The van der Waals surface area contributed by atoms with Crippen molar-refractivity contribution in [3.8, 4) is 0 Å². The van der Waals surface area contributed by atoms with Gasteiger partial charge < -0.3 is 25.3 Å². The quantitative estimate of drug-likeness (QED) is 0.305. The molecule has 1 aromatic carbocycles. The number of hydrogen-bond donors (Lipinski definition) is 2. The Hall–Kier alpha value is -2.30. The van der Waals surface area contributed by atoms with E-state index < -0.39 is 0 Å². The van der Waals surface area contributed by atoms with Crippen LogP contribution in [-0.4, -0.2) is 52.2 Å². The van der Waals surface area contributed by atoms with Gasteiger partial charge in [0, 0.05) is 38.1 Å². The number of carbonyl (C=O) groups excluding carboxylic acids is 1. The second kappa shape index (κ2) is 13.2. The van der Waals surface area contributed by atoms with E-state index in [9.17, 15) is 4.79 Å². The second-order valence-electron chi connectivity index (χ2n) is 7.43. The molecule has 0 radical (unpaired) electrons. The smallest absolute Gasteiger partial charge is 0.409 e. The number of aryl methyl sites for hydroxylation is 2. The van der Waals surface area contributed by atoms with E-state index in [0.717, 1.165) is 38.1 Å². The van der Waals surface area contributed by atoms with Crippen LogP contribution in [0.1, 0.15) is 37.6 Å². The third-order valence-corrected chi connectivity index (χ3v) is 5.27. The van der Waals surface area contributed by atoms with E-state index in [4.69, 9.17) is 10.5 Å². The number of hydrogen-bond acceptors (Lipinski definition) is 4. The summed E-state index contributed by atoms with van der Waals surface area (Å²) in [4.78, 5) is 22.4. The fraction of sp³-hybridized carbons (Fsp3) is 0.500. The van der Waals surface area contributed by atoms with Crippen LogP contribution in [0.4, 0.5) is 4.79 Å². The Balaban J connectivity index is 0.00000341. The first-order valence-electron chi connectivity index (χ1n) is 10.7. The molecule has 8 nitrogen and oxygen atoms in total. The van der Waals surface area contributed by atoms with Crippen molar-refractivity contribution in [2.45, 2.75) is 51.7 Å². The summed E-state index contributed by atoms with van der Waals surface area (Å²) >= 11 is 0. The predicted molar refractivity (Wildman–Crippen MR) is 132 cm³/mol. The molecule has 0 spiro atoms. The van der Waals surface area contributed by atoms with Crippen LogP contribution in [-0.2, 0) is 24.2 Å². The molecule has 1 fully saturated rings. The summed E-state index contributed by atoms with van der Waals surface area (Å²) in [6.45, 7) is 4.89. The summed E-state index contributed by atoms with van der Waals surface area (Å²) in [6.07, 6.45) is 7.29. The molecule has 0 bridgehead atoms. The highest BCUT2D eigenvalue weighted by Crippen LogP contribution is 2.11. The number of nitrogens with one attached hydrogen (secondary N) is 1. The van der Waals surface area contributed by atoms with Crippen molar-refractivity contribution in [1.82, 2.24) is 19.8 Å². The summed E-state index contributed by atoms with van der Waals surface area (Å²) in [7, 11) is 0. The maximum Gasteiger partial charge on any atom is 0.409 e. The van der Waals surface area contributed by atoms with Crippen molar-refractivity contribution in [2.75, 3.05) is 19.7 Å². The minimum absolute atomic E-state index is 0. The highest BCUT2D eigenvalue weighted by molar-refractivity contribution is 14.0. The van der Waals surface area contributed by atoms with Crippen LogP contribution < -0.4 is 11.1 Å². The van der Waals surface area contributed by atoms with E-state index in [1.54, 1.807) is 4.90 Å². The highest BCUT2D eigenvalue weighted by atomic mass is 127. The third-order valence-electron chi connectivity index (χ3n) is 5.27. The first-order valence-corrected chi connectivity index (χ1v) is 10.7. The van der Waals surface area contributed by atoms with Crippen LogP contribution in [0.3, 0.4) is 0 Å². The first-order chi connectivity index (χ1) is 14.7. The van der Waals surface area contributed by atoms with Crippen LogP contribution in [0.25, 0.3) is 0 Å². The Bertz CT molecular complexity index is 818. The molecule has 2 aromatic rings. The third kappa shape index (κ3) is 8.04. The zero-order valence-corrected chi connectivity index (χ0v) is 20.4. The number of rotatable bonds is 8. The Morgan fingerprint density at radius 1 is 1.29 bits per heavy atom. The van der Waals surface area contributed by atoms with E-state index in [1.165, 1.54) is 5.56 Å². The van der Waals surface area contributed by atoms with Crippen molar-refractivity contribution in [1.29, 1.82) is 0 Å². The summed E-state index contributed by atoms with van der Waals surface area (Å²) in [6, 6.07) is 10.7. The molecule has 3 rings (SSSR count). The van der Waals surface area contributed by atoms with Gasteiger partial charge in [0.05, 0.1) is 6.61 Å². The number of amides is 1. The molecule has 1 aliphatic heterocycles. The molecule has 31 heavy (non-hydrogen) atoms. The summed E-state index contributed by atoms with van der Waals surface area (Å²) < 4.78 is 7.19. The molecule has 0 unspecified atom stereocenters. The van der Waals surface area contributed by atoms with Crippen molar-refractivity contribution in [3.05, 3.63) is 54.1 Å². The zero-order chi connectivity index (χ0) is 21.2. The van der Waals surface area contributed by atoms with Gasteiger partial charge in [-0.2, -0.15) is 0 Å². The number of likely N-dealkylation sites (tertiary alicyclic amines) is 1. The van der Waals surface area contributed by atoms with Crippen molar-refractivity contribution in [2.24, 2.45) is 10.7 Å². The van der Waals surface area contributed by atoms with E-state index in [1.807, 2.05) is 25.4 Å². The standard InChI is InChI=1S/C22H32N6O2.HI/c1-2-30-22(29)28-14-10-19(11-15-28)26-21(23)25-17-20-24-12-16-27(20)13-6-9-18-7-4-3-5-8-18;/h3-5,7-8,12,16,19H,2,6,9-11,13-15,17H2,1H3,(H3,23,25,26);1H. The summed E-state index contributed by atoms with van der Waals surface area (Å²) in [5, 5.41) is 3.27. The summed E-state index contributed by atoms with van der Waals surface area (Å²) in [5.74, 6) is 1.33. The molecular formula is C22H33IN6O2. The van der Waals surface area contributed by atoms with Crippen LogP contribution in [0.2, 0.25) is 0 Å². The van der Waals surface area contributed by atoms with E-state index in [-0.39, 0.29) is 36.1 Å². The second-order valence-corrected chi connectivity index (χ2v) is 7.43. The van der Waals surface area contributed by atoms with Gasteiger partial charge in [0.15, 0.2) is 5.96 Å². The number of piperidine rings is 1. The van der Waals surface area contributed by atoms with Gasteiger partial charge in [0.1, 0.15) is 12.4 Å². The Labute approximate surface area is 201 Å². The fourth-order valence-corrected chi connectivity index (χ4v) is 3.63. The predicted octanol–water partition coefficient (Wildman–Crippen LogP) is 3.16. The molecule has 1 aromatic heterocycles. The topological polar surface area (TPSA) is 97.8 Å². The normalized spacial score (nSPS) is 14.7. The molecule has 3 N–H and O–H groups in total. The van der Waals surface area contributed by atoms with E-state index >= 15 is 0 Å². The van der Waals surface area contributed by atoms with Gasteiger partial charge in [0.25, 0.3) is 0 Å². The zero-order valence-electron chi connectivity index (χ0n) is 18.1. The van der Waals surface area contributed by atoms with Crippen molar-refractivity contribution >= 4 is 36.0 Å². The Morgan fingerprint density at radius 3 is 2.74 bits per heavy atom. The largest absolute Gasteiger partial charge is 0.450 e. The lowest BCUT2D eigenvalue weighted by atomic mass is 10.1. The van der Waals surface area contributed by atoms with Crippen molar-refractivity contribution < 1.29 is 9.53 Å². The minimum Gasteiger partial charge on any atom is -0.450 e. The molecular weight excluding hydrogens is 507 g/mol. The number of aliphatic imine (C=N–C) groups is 1. The average Bonchev–Trinajstić information content (AvgIpc) is 3.21. The summed E-state index contributed by atoms with van der Waals surface area (Å²) in [5.41, 5.74) is 7.43. The molecule has 0 saturated carbocycles. The maximum atomic E-state index is 11.8.